The van der Waals surface area contributed by atoms with E-state index in [0.717, 1.165) is 11.1 Å². The number of fused-ring (bicyclic) bond motifs is 6. The predicted molar refractivity (Wildman–Crippen MR) is 215 cm³/mol. The molecule has 0 aromatic heterocycles. The van der Waals surface area contributed by atoms with Crippen molar-refractivity contribution in [3.05, 3.63) is 129 Å². The minimum absolute atomic E-state index is 0.561. The number of hydrogen-bond donors (Lipinski definition) is 0. The molecule has 2 heteroatoms. The van der Waals surface area contributed by atoms with Gasteiger partial charge < -0.3 is 0 Å². The molecule has 9 rings (SSSR count). The SMILES string of the molecule is CC(C)c1ccc(-c2cccc3c2C=C2[CH]3[Hf]([CH3])([CH3])[CH]3C(=Cc4c(-c5ccc(C(C)C)cc5)cccc43)[Si]2(C2CCCC2)C2CCCC2)cc1. The van der Waals surface area contributed by atoms with Gasteiger partial charge in [0.05, 0.1) is 0 Å². The molecule has 0 nitrogen and oxygen atoms in total. The van der Waals surface area contributed by atoms with E-state index in [-0.39, 0.29) is 0 Å². The third-order valence-corrected chi connectivity index (χ3v) is 38.1. The van der Waals surface area contributed by atoms with E-state index in [0.29, 0.717) is 19.2 Å². The van der Waals surface area contributed by atoms with Gasteiger partial charge in [-0.25, -0.2) is 0 Å². The van der Waals surface area contributed by atoms with Crippen LogP contribution >= 0.6 is 0 Å². The average molecular weight is 840 g/mol. The number of hydrogen-bond acceptors (Lipinski definition) is 0. The molecule has 0 bridgehead atoms. The van der Waals surface area contributed by atoms with Gasteiger partial charge in [-0.2, -0.15) is 0 Å². The Hall–Kier alpha value is -2.55. The Balaban J connectivity index is 1.28. The molecular weight excluding hydrogens is 783 g/mol. The van der Waals surface area contributed by atoms with Crippen LogP contribution in [-0.2, 0) is 20.0 Å². The van der Waals surface area contributed by atoms with E-state index >= 15 is 0 Å². The topological polar surface area (TPSA) is 0 Å². The van der Waals surface area contributed by atoms with Crippen LogP contribution in [0.2, 0.25) is 20.4 Å². The molecule has 0 N–H and O–H groups in total. The summed E-state index contributed by atoms with van der Waals surface area (Å²) >= 11 is -3.16. The molecule has 2 atom stereocenters. The summed E-state index contributed by atoms with van der Waals surface area (Å²) in [7, 11) is -2.08. The summed E-state index contributed by atoms with van der Waals surface area (Å²) in [4.78, 5) is 0. The van der Waals surface area contributed by atoms with Crippen LogP contribution in [-0.4, -0.2) is 8.07 Å². The van der Waals surface area contributed by atoms with Gasteiger partial charge in [-0.3, -0.25) is 0 Å². The van der Waals surface area contributed by atoms with Gasteiger partial charge in [-0.05, 0) is 0 Å². The molecule has 1 heterocycles. The zero-order valence-electron chi connectivity index (χ0n) is 31.4. The Bertz CT molecular complexity index is 1850. The summed E-state index contributed by atoms with van der Waals surface area (Å²) < 4.78 is 7.18. The van der Waals surface area contributed by atoms with Crippen molar-refractivity contribution in [2.45, 2.75) is 119 Å². The van der Waals surface area contributed by atoms with Gasteiger partial charge in [-0.1, -0.05) is 0 Å². The second-order valence-electron chi connectivity index (χ2n) is 17.9. The Morgan fingerprint density at radius 1 is 0.520 bits per heavy atom. The molecule has 2 saturated carbocycles. The Morgan fingerprint density at radius 2 is 0.900 bits per heavy atom. The van der Waals surface area contributed by atoms with Crippen molar-refractivity contribution in [2.24, 2.45) is 0 Å². The van der Waals surface area contributed by atoms with Crippen LogP contribution in [0.1, 0.15) is 132 Å². The van der Waals surface area contributed by atoms with Gasteiger partial charge in [0.2, 0.25) is 0 Å². The van der Waals surface area contributed by atoms with E-state index in [1.54, 1.807) is 22.3 Å². The zero-order chi connectivity index (χ0) is 34.4. The van der Waals surface area contributed by atoms with Crippen LogP contribution in [0.25, 0.3) is 34.4 Å². The average Bonchev–Trinajstić information content (AvgIpc) is 3.95. The first-order valence-corrected chi connectivity index (χ1v) is 33.6. The van der Waals surface area contributed by atoms with Crippen LogP contribution in [0, 0.1) is 0 Å². The molecule has 0 radical (unpaired) electrons. The molecule has 2 unspecified atom stereocenters. The van der Waals surface area contributed by atoms with Crippen molar-refractivity contribution in [2.75, 3.05) is 0 Å². The predicted octanol–water partition coefficient (Wildman–Crippen LogP) is 14.5. The first-order valence-electron chi connectivity index (χ1n) is 20.1. The fraction of sp³-hybridized carbons (Fsp3) is 0.417. The third kappa shape index (κ3) is 4.89. The van der Waals surface area contributed by atoms with Crippen LogP contribution in [0.3, 0.4) is 0 Å². The van der Waals surface area contributed by atoms with E-state index in [2.05, 4.69) is 134 Å². The van der Waals surface area contributed by atoms with Crippen LogP contribution < -0.4 is 0 Å². The molecular formula is C48H56HfSi. The monoisotopic (exact) mass is 840 g/mol. The summed E-state index contributed by atoms with van der Waals surface area (Å²) in [5.74, 6) is 1.12. The summed E-state index contributed by atoms with van der Waals surface area (Å²) in [5.41, 5.74) is 17.1. The van der Waals surface area contributed by atoms with E-state index in [4.69, 9.17) is 0 Å². The summed E-state index contributed by atoms with van der Waals surface area (Å²) in [6.07, 6.45) is 17.4. The normalized spacial score (nSPS) is 23.5. The Labute approximate surface area is 307 Å². The van der Waals surface area contributed by atoms with Crippen molar-refractivity contribution in [3.8, 4) is 22.3 Å². The van der Waals surface area contributed by atoms with Gasteiger partial charge in [0.25, 0.3) is 0 Å². The Kier molecular flexibility index (Phi) is 8.35. The van der Waals surface area contributed by atoms with Crippen LogP contribution in [0.15, 0.2) is 95.3 Å². The molecule has 3 fully saturated rings. The molecule has 256 valence electrons. The fourth-order valence-electron chi connectivity index (χ4n) is 12.1. The molecule has 0 spiro atoms. The van der Waals surface area contributed by atoms with Crippen LogP contribution in [0.5, 0.6) is 0 Å². The number of benzene rings is 4. The molecule has 4 aliphatic carbocycles. The molecule has 4 aromatic rings. The Morgan fingerprint density at radius 3 is 1.26 bits per heavy atom. The molecule has 1 saturated heterocycles. The van der Waals surface area contributed by atoms with E-state index in [1.807, 2.05) is 10.4 Å². The van der Waals surface area contributed by atoms with Crippen molar-refractivity contribution in [3.63, 3.8) is 0 Å². The van der Waals surface area contributed by atoms with E-state index in [1.165, 1.54) is 84.7 Å². The molecule has 4 aromatic carbocycles. The zero-order valence-corrected chi connectivity index (χ0v) is 36.0. The number of allylic oxidation sites excluding steroid dienone is 2. The molecule has 1 aliphatic heterocycles. The molecule has 5 aliphatic rings. The summed E-state index contributed by atoms with van der Waals surface area (Å²) in [5, 5.41) is 4.06. The second kappa shape index (κ2) is 12.5. The van der Waals surface area contributed by atoms with Crippen molar-refractivity contribution < 1.29 is 20.0 Å². The van der Waals surface area contributed by atoms with E-state index in [9.17, 15) is 0 Å². The third-order valence-electron chi connectivity index (χ3n) is 14.3. The minimum atomic E-state index is -3.16. The van der Waals surface area contributed by atoms with Crippen molar-refractivity contribution >= 4 is 20.2 Å². The first kappa shape index (κ1) is 33.3. The molecule has 50 heavy (non-hydrogen) atoms. The van der Waals surface area contributed by atoms with Gasteiger partial charge in [0.15, 0.2) is 0 Å². The summed E-state index contributed by atoms with van der Waals surface area (Å²) in [6, 6.07) is 34.1. The maximum absolute atomic E-state index is 3.16. The quantitative estimate of drug-likeness (QED) is 0.170. The van der Waals surface area contributed by atoms with Gasteiger partial charge in [0.1, 0.15) is 0 Å². The molecule has 0 amide bonds. The second-order valence-corrected chi connectivity index (χ2v) is 39.7. The van der Waals surface area contributed by atoms with E-state index < -0.39 is 28.0 Å². The van der Waals surface area contributed by atoms with Crippen LogP contribution in [0.4, 0.5) is 0 Å². The van der Waals surface area contributed by atoms with Gasteiger partial charge >= 0.3 is 310 Å². The first-order chi connectivity index (χ1) is 24.2. The summed E-state index contributed by atoms with van der Waals surface area (Å²) in [6.45, 7) is 9.24. The van der Waals surface area contributed by atoms with Crippen molar-refractivity contribution in [1.82, 2.24) is 0 Å². The number of rotatable bonds is 6. The maximum atomic E-state index is 2.90. The fourth-order valence-corrected chi connectivity index (χ4v) is 46.0. The standard InChI is InChI=1S/C46H50Si.2CH3.Hf/c1-31(2)33-19-23-35(24-20-33)43-17-9-11-37-27-41(29-45(37)43)47(39-13-5-6-14-39,40-15-7-8-16-40)42-28-38-12-10-18-44(46(38)30-42)36-25-21-34(22-26-36)32(3)4;;;/h9-12,17-32,39-40H,5-8,13-16H2,1-4H3;2*1H3;. The van der Waals surface area contributed by atoms with Gasteiger partial charge in [-0.15, -0.1) is 0 Å². The van der Waals surface area contributed by atoms with Gasteiger partial charge in [0, 0.05) is 0 Å². The van der Waals surface area contributed by atoms with Crippen molar-refractivity contribution in [1.29, 1.82) is 0 Å².